The summed E-state index contributed by atoms with van der Waals surface area (Å²) in [6, 6.07) is 4.70. The van der Waals surface area contributed by atoms with E-state index < -0.39 is 40.9 Å². The lowest BCUT2D eigenvalue weighted by Crippen LogP contribution is -2.19. The molecule has 3 heterocycles. The zero-order valence-electron chi connectivity index (χ0n) is 22.2. The van der Waals surface area contributed by atoms with E-state index in [1.165, 1.54) is 0 Å². The number of carboxylic acid groups (broad SMARTS) is 2. The summed E-state index contributed by atoms with van der Waals surface area (Å²) in [7, 11) is -4.26. The summed E-state index contributed by atoms with van der Waals surface area (Å²) in [6.07, 6.45) is 0. The zero-order valence-corrected chi connectivity index (χ0v) is 23.8. The Bertz CT molecular complexity index is 1540. The standard InChI is InChI=1S/C19H25N13O10S2/c33-12(34)8-22-16-27-14(20-4-6-43-42-41-37)29-18(31-16)25-10-2-1-3-11(24-10)26-19-30-15(21-5-7-44(38,39)40)28-17(32-19)23-9-13(35)36/h1-3,37H,4-9H2,(H,33,34)(H,35,36)(H,38,39,40)(H6,20,21,22,23,24,25,26,27,28,29,30,31,32). The van der Waals surface area contributed by atoms with Crippen molar-refractivity contribution >= 4 is 81.4 Å². The minimum Gasteiger partial charge on any atom is -0.480 e. The Hall–Kier alpha value is -4.95. The van der Waals surface area contributed by atoms with E-state index in [0.29, 0.717) is 5.75 Å². The number of nitrogens with one attached hydrogen (secondary N) is 6. The molecule has 44 heavy (non-hydrogen) atoms. The molecule has 3 aromatic heterocycles. The summed E-state index contributed by atoms with van der Waals surface area (Å²) < 4.78 is 35.2. The van der Waals surface area contributed by atoms with Gasteiger partial charge in [0.05, 0.1) is 5.75 Å². The minimum absolute atomic E-state index is 0.0201. The van der Waals surface area contributed by atoms with E-state index in [4.69, 9.17) is 20.0 Å². The fourth-order valence-electron chi connectivity index (χ4n) is 2.84. The molecule has 0 aliphatic carbocycles. The lowest BCUT2D eigenvalue weighted by Gasteiger charge is -2.12. The fraction of sp³-hybridized carbons (Fsp3) is 0.316. The number of aromatic nitrogens is 7. The smallest absolute Gasteiger partial charge is 0.322 e. The fourth-order valence-corrected chi connectivity index (χ4v) is 3.50. The van der Waals surface area contributed by atoms with Gasteiger partial charge in [-0.2, -0.15) is 38.3 Å². The molecule has 0 radical (unpaired) electrons. The van der Waals surface area contributed by atoms with Crippen LogP contribution in [0.15, 0.2) is 18.2 Å². The zero-order chi connectivity index (χ0) is 32.0. The highest BCUT2D eigenvalue weighted by Crippen LogP contribution is 2.19. The maximum atomic E-state index is 11.0. The molecule has 0 aliphatic rings. The second-order valence-corrected chi connectivity index (χ2v) is 10.2. The van der Waals surface area contributed by atoms with Gasteiger partial charge in [0.25, 0.3) is 10.1 Å². The number of carbonyl (C=O) groups is 2. The van der Waals surface area contributed by atoms with Crippen LogP contribution in [0.1, 0.15) is 0 Å². The number of rotatable bonds is 20. The number of hydrogen-bond acceptors (Lipinski definition) is 21. The average Bonchev–Trinajstić information content (AvgIpc) is 2.94. The van der Waals surface area contributed by atoms with Crippen LogP contribution in [0.5, 0.6) is 0 Å². The Morgan fingerprint density at radius 2 is 1.18 bits per heavy atom. The van der Waals surface area contributed by atoms with Gasteiger partial charge in [-0.05, 0) is 12.1 Å². The van der Waals surface area contributed by atoms with Gasteiger partial charge in [0.1, 0.15) is 24.7 Å². The second-order valence-electron chi connectivity index (χ2n) is 7.87. The van der Waals surface area contributed by atoms with Crippen molar-refractivity contribution in [3.8, 4) is 0 Å². The summed E-state index contributed by atoms with van der Waals surface area (Å²) >= 11 is 0.796. The Kier molecular flexibility index (Phi) is 12.7. The van der Waals surface area contributed by atoms with Gasteiger partial charge in [-0.3, -0.25) is 14.1 Å². The molecule has 0 atom stereocenters. The van der Waals surface area contributed by atoms with Crippen molar-refractivity contribution in [3.63, 3.8) is 0 Å². The number of carboxylic acids is 2. The predicted molar refractivity (Wildman–Crippen MR) is 153 cm³/mol. The Morgan fingerprint density at radius 1 is 0.727 bits per heavy atom. The monoisotopic (exact) mass is 659 g/mol. The first-order valence-electron chi connectivity index (χ1n) is 12.0. The molecule has 23 nitrogen and oxygen atoms in total. The van der Waals surface area contributed by atoms with E-state index >= 15 is 0 Å². The van der Waals surface area contributed by atoms with Gasteiger partial charge in [-0.25, -0.2) is 10.2 Å². The summed E-state index contributed by atoms with van der Waals surface area (Å²) in [5.74, 6) is -2.68. The van der Waals surface area contributed by atoms with Crippen molar-refractivity contribution in [2.75, 3.05) is 69.6 Å². The van der Waals surface area contributed by atoms with Gasteiger partial charge in [-0.1, -0.05) is 11.1 Å². The van der Waals surface area contributed by atoms with Crippen LogP contribution in [-0.2, 0) is 29.1 Å². The minimum atomic E-state index is -4.26. The van der Waals surface area contributed by atoms with Gasteiger partial charge in [0.15, 0.2) is 0 Å². The molecule has 0 aromatic carbocycles. The number of hydrogen-bond donors (Lipinski definition) is 10. The maximum absolute atomic E-state index is 11.0. The molecule has 0 aliphatic heterocycles. The molecule has 0 saturated carbocycles. The second kappa shape index (κ2) is 16.6. The van der Waals surface area contributed by atoms with Crippen LogP contribution < -0.4 is 31.9 Å². The average molecular weight is 660 g/mol. The summed E-state index contributed by atoms with van der Waals surface area (Å²) in [6.45, 7) is -0.995. The molecule has 0 bridgehead atoms. The van der Waals surface area contributed by atoms with Crippen LogP contribution in [0.3, 0.4) is 0 Å². The highest BCUT2D eigenvalue weighted by molar-refractivity contribution is 7.94. The predicted octanol–water partition coefficient (Wildman–Crippen LogP) is -0.287. The van der Waals surface area contributed by atoms with E-state index in [2.05, 4.69) is 76.2 Å². The Balaban J connectivity index is 1.78. The number of pyridine rings is 1. The lowest BCUT2D eigenvalue weighted by atomic mass is 10.4. The van der Waals surface area contributed by atoms with Gasteiger partial charge in [0.2, 0.25) is 35.7 Å². The van der Waals surface area contributed by atoms with Crippen molar-refractivity contribution in [3.05, 3.63) is 18.2 Å². The topological polar surface area (TPSA) is 330 Å². The van der Waals surface area contributed by atoms with Crippen LogP contribution >= 0.6 is 12.0 Å². The van der Waals surface area contributed by atoms with Crippen LogP contribution in [0.2, 0.25) is 0 Å². The molecule has 3 aromatic rings. The first-order valence-corrected chi connectivity index (χ1v) is 14.5. The third-order valence-corrected chi connectivity index (χ3v) is 5.73. The van der Waals surface area contributed by atoms with E-state index in [0.717, 1.165) is 12.0 Å². The van der Waals surface area contributed by atoms with Crippen LogP contribution in [0.25, 0.3) is 0 Å². The van der Waals surface area contributed by atoms with E-state index in [9.17, 15) is 18.0 Å². The summed E-state index contributed by atoms with van der Waals surface area (Å²) in [5, 5.41) is 45.8. The largest absolute Gasteiger partial charge is 0.480 e. The lowest BCUT2D eigenvalue weighted by molar-refractivity contribution is -0.432. The van der Waals surface area contributed by atoms with E-state index in [-0.39, 0.29) is 60.4 Å². The highest BCUT2D eigenvalue weighted by Gasteiger charge is 2.12. The molecule has 0 amide bonds. The first-order chi connectivity index (χ1) is 21.0. The number of nitrogens with zero attached hydrogens (tertiary/aromatic N) is 7. The highest BCUT2D eigenvalue weighted by atomic mass is 32.2. The third-order valence-electron chi connectivity index (χ3n) is 4.49. The van der Waals surface area contributed by atoms with Gasteiger partial charge >= 0.3 is 11.9 Å². The Labute approximate surface area is 251 Å². The Morgan fingerprint density at radius 3 is 1.64 bits per heavy atom. The number of aliphatic carboxylic acids is 2. The molecular formula is C19H25N13O10S2. The van der Waals surface area contributed by atoms with E-state index in [1.807, 2.05) is 0 Å². The van der Waals surface area contributed by atoms with Crippen LogP contribution in [-0.4, -0.2) is 113 Å². The van der Waals surface area contributed by atoms with E-state index in [1.54, 1.807) is 18.2 Å². The molecule has 25 heteroatoms. The first kappa shape index (κ1) is 33.6. The van der Waals surface area contributed by atoms with Gasteiger partial charge < -0.3 is 42.1 Å². The van der Waals surface area contributed by atoms with Gasteiger partial charge in [-0.15, -0.1) is 4.33 Å². The van der Waals surface area contributed by atoms with Crippen LogP contribution in [0, 0.1) is 0 Å². The molecule has 0 unspecified atom stereocenters. The number of anilines is 8. The van der Waals surface area contributed by atoms with Crippen molar-refractivity contribution in [2.24, 2.45) is 0 Å². The summed E-state index contributed by atoms with van der Waals surface area (Å²) in [5.41, 5.74) is 0. The SMILES string of the molecule is O=C(O)CNc1nc(NCCSOOO)nc(Nc2cccc(Nc3nc(NCCS(=O)(=O)O)nc(NCC(=O)O)n3)n2)n1. The molecule has 238 valence electrons. The van der Waals surface area contributed by atoms with Crippen molar-refractivity contribution in [1.82, 2.24) is 34.9 Å². The van der Waals surface area contributed by atoms with Crippen LogP contribution in [0.4, 0.5) is 47.3 Å². The molecule has 3 rings (SSSR count). The molecule has 10 N–H and O–H groups in total. The maximum Gasteiger partial charge on any atom is 0.322 e. The molecule has 0 fully saturated rings. The molecule has 0 saturated heterocycles. The summed E-state index contributed by atoms with van der Waals surface area (Å²) in [4.78, 5) is 50.8. The normalized spacial score (nSPS) is 11.0. The quantitative estimate of drug-likeness (QED) is 0.0245. The third kappa shape index (κ3) is 12.9. The van der Waals surface area contributed by atoms with Gasteiger partial charge in [0, 0.05) is 30.9 Å². The van der Waals surface area contributed by atoms with Crippen molar-refractivity contribution in [2.45, 2.75) is 0 Å². The molecule has 0 spiro atoms. The van der Waals surface area contributed by atoms with Crippen molar-refractivity contribution in [1.29, 1.82) is 0 Å². The molecular weight excluding hydrogens is 634 g/mol. The van der Waals surface area contributed by atoms with Crippen molar-refractivity contribution < 1.29 is 47.4 Å².